The van der Waals surface area contributed by atoms with E-state index in [0.717, 1.165) is 29.9 Å². The van der Waals surface area contributed by atoms with Crippen LogP contribution in [-0.2, 0) is 0 Å². The second-order valence-corrected chi connectivity index (χ2v) is 5.57. The fourth-order valence-electron chi connectivity index (χ4n) is 2.00. The predicted octanol–water partition coefficient (Wildman–Crippen LogP) is 4.04. The third kappa shape index (κ3) is 4.42. The van der Waals surface area contributed by atoms with E-state index in [4.69, 9.17) is 0 Å². The van der Waals surface area contributed by atoms with Gasteiger partial charge in [0.1, 0.15) is 5.82 Å². The first-order valence-electron chi connectivity index (χ1n) is 6.67. The molecule has 0 aliphatic heterocycles. The van der Waals surface area contributed by atoms with Crippen LogP contribution in [0.25, 0.3) is 11.0 Å². The van der Waals surface area contributed by atoms with Crippen molar-refractivity contribution in [1.29, 1.82) is 0 Å². The van der Waals surface area contributed by atoms with E-state index >= 15 is 0 Å². The van der Waals surface area contributed by atoms with Crippen LogP contribution in [0.1, 0.15) is 25.7 Å². The molecule has 2 N–H and O–H groups in total. The summed E-state index contributed by atoms with van der Waals surface area (Å²) in [4.78, 5) is 7.45. The zero-order chi connectivity index (χ0) is 13.5. The number of hydrogen-bond donors (Lipinski definition) is 2. The summed E-state index contributed by atoms with van der Waals surface area (Å²) >= 11 is 1.90. The van der Waals surface area contributed by atoms with E-state index in [1.807, 2.05) is 11.8 Å². The van der Waals surface area contributed by atoms with Gasteiger partial charge < -0.3 is 10.3 Å². The summed E-state index contributed by atoms with van der Waals surface area (Å²) < 4.78 is 13.0. The molecule has 0 amide bonds. The summed E-state index contributed by atoms with van der Waals surface area (Å²) in [6.07, 6.45) is 7.10. The van der Waals surface area contributed by atoms with Gasteiger partial charge >= 0.3 is 0 Å². The van der Waals surface area contributed by atoms with Crippen molar-refractivity contribution in [1.82, 2.24) is 9.97 Å². The van der Waals surface area contributed by atoms with E-state index in [-0.39, 0.29) is 5.82 Å². The highest BCUT2D eigenvalue weighted by molar-refractivity contribution is 7.98. The Morgan fingerprint density at radius 2 is 2.11 bits per heavy atom. The maximum absolute atomic E-state index is 13.0. The number of hydrogen-bond acceptors (Lipinski definition) is 3. The van der Waals surface area contributed by atoms with Crippen LogP contribution in [-0.4, -0.2) is 28.5 Å². The Labute approximate surface area is 117 Å². The third-order valence-electron chi connectivity index (χ3n) is 3.01. The van der Waals surface area contributed by atoms with E-state index in [9.17, 15) is 4.39 Å². The Kier molecular flexibility index (Phi) is 5.51. The molecule has 0 saturated heterocycles. The van der Waals surface area contributed by atoms with Gasteiger partial charge in [-0.25, -0.2) is 9.37 Å². The van der Waals surface area contributed by atoms with E-state index < -0.39 is 0 Å². The summed E-state index contributed by atoms with van der Waals surface area (Å²) in [5, 5.41) is 3.25. The van der Waals surface area contributed by atoms with Crippen LogP contribution in [0.3, 0.4) is 0 Å². The van der Waals surface area contributed by atoms with Crippen molar-refractivity contribution in [3.63, 3.8) is 0 Å². The fourth-order valence-corrected chi connectivity index (χ4v) is 2.49. The van der Waals surface area contributed by atoms with Crippen LogP contribution in [0.5, 0.6) is 0 Å². The first-order chi connectivity index (χ1) is 9.29. The fraction of sp³-hybridized carbons (Fsp3) is 0.500. The van der Waals surface area contributed by atoms with Gasteiger partial charge in [-0.1, -0.05) is 12.8 Å². The quantitative estimate of drug-likeness (QED) is 0.718. The molecule has 1 aromatic heterocycles. The van der Waals surface area contributed by atoms with Crippen molar-refractivity contribution in [2.75, 3.05) is 23.9 Å². The van der Waals surface area contributed by atoms with Crippen LogP contribution >= 0.6 is 11.8 Å². The molecule has 2 rings (SSSR count). The first-order valence-corrected chi connectivity index (χ1v) is 8.07. The highest BCUT2D eigenvalue weighted by Gasteiger charge is 2.02. The molecule has 0 aliphatic carbocycles. The highest BCUT2D eigenvalue weighted by atomic mass is 32.2. The first kappa shape index (κ1) is 14.2. The molecule has 0 atom stereocenters. The second-order valence-electron chi connectivity index (χ2n) is 4.58. The standard InChI is InChI=1S/C14H20FN3S/c1-19-9-5-3-2-4-8-16-14-17-12-7-6-11(15)10-13(12)18-14/h6-7,10H,2-5,8-9H2,1H3,(H2,16,17,18). The van der Waals surface area contributed by atoms with Gasteiger partial charge in [-0.2, -0.15) is 11.8 Å². The number of benzene rings is 1. The SMILES string of the molecule is CSCCCCCCNc1nc2ccc(F)cc2[nH]1. The van der Waals surface area contributed by atoms with Gasteiger partial charge in [-0.3, -0.25) is 0 Å². The molecule has 1 aromatic carbocycles. The molecule has 0 radical (unpaired) electrons. The number of rotatable bonds is 8. The second kappa shape index (κ2) is 7.38. The summed E-state index contributed by atoms with van der Waals surface area (Å²) in [5.74, 6) is 1.74. The van der Waals surface area contributed by atoms with E-state index in [1.165, 1.54) is 37.1 Å². The monoisotopic (exact) mass is 281 g/mol. The Balaban J connectivity index is 1.72. The Morgan fingerprint density at radius 3 is 2.95 bits per heavy atom. The lowest BCUT2D eigenvalue weighted by atomic mass is 10.2. The van der Waals surface area contributed by atoms with Crippen LogP contribution in [0.2, 0.25) is 0 Å². The van der Waals surface area contributed by atoms with Gasteiger partial charge in [-0.05, 0) is 43.0 Å². The van der Waals surface area contributed by atoms with E-state index in [2.05, 4.69) is 21.5 Å². The number of nitrogens with one attached hydrogen (secondary N) is 2. The average molecular weight is 281 g/mol. The lowest BCUT2D eigenvalue weighted by Crippen LogP contribution is -2.02. The average Bonchev–Trinajstić information content (AvgIpc) is 2.79. The Hall–Kier alpha value is -1.23. The third-order valence-corrected chi connectivity index (χ3v) is 3.71. The zero-order valence-electron chi connectivity index (χ0n) is 11.2. The number of unbranched alkanes of at least 4 members (excludes halogenated alkanes) is 3. The van der Waals surface area contributed by atoms with Crippen molar-refractivity contribution >= 4 is 28.7 Å². The number of fused-ring (bicyclic) bond motifs is 1. The lowest BCUT2D eigenvalue weighted by Gasteiger charge is -2.02. The number of halogens is 1. The normalized spacial score (nSPS) is 11.1. The smallest absolute Gasteiger partial charge is 0.201 e. The molecule has 3 nitrogen and oxygen atoms in total. The summed E-state index contributed by atoms with van der Waals surface area (Å²) in [6.45, 7) is 0.904. The van der Waals surface area contributed by atoms with Gasteiger partial charge in [0.2, 0.25) is 5.95 Å². The van der Waals surface area contributed by atoms with Crippen molar-refractivity contribution in [3.8, 4) is 0 Å². The Bertz CT molecular complexity index is 512. The molecule has 0 bridgehead atoms. The molecule has 0 saturated carbocycles. The van der Waals surface area contributed by atoms with Crippen molar-refractivity contribution < 1.29 is 4.39 Å². The van der Waals surface area contributed by atoms with Crippen molar-refractivity contribution in [2.24, 2.45) is 0 Å². The van der Waals surface area contributed by atoms with Gasteiger partial charge in [0.15, 0.2) is 0 Å². The van der Waals surface area contributed by atoms with Gasteiger partial charge in [0.25, 0.3) is 0 Å². The van der Waals surface area contributed by atoms with E-state index in [1.54, 1.807) is 6.07 Å². The van der Waals surface area contributed by atoms with Crippen molar-refractivity contribution in [3.05, 3.63) is 24.0 Å². The van der Waals surface area contributed by atoms with Gasteiger partial charge in [0.05, 0.1) is 11.0 Å². The molecule has 5 heteroatoms. The zero-order valence-corrected chi connectivity index (χ0v) is 12.0. The predicted molar refractivity (Wildman–Crippen MR) is 81.4 cm³/mol. The van der Waals surface area contributed by atoms with Gasteiger partial charge in [0, 0.05) is 6.54 Å². The number of nitrogens with zero attached hydrogens (tertiary/aromatic N) is 1. The summed E-state index contributed by atoms with van der Waals surface area (Å²) in [5.41, 5.74) is 1.53. The molecule has 2 aromatic rings. The minimum Gasteiger partial charge on any atom is -0.356 e. The number of H-pyrrole nitrogens is 1. The maximum Gasteiger partial charge on any atom is 0.201 e. The number of imidazole rings is 1. The van der Waals surface area contributed by atoms with Crippen LogP contribution in [0.4, 0.5) is 10.3 Å². The molecule has 0 fully saturated rings. The maximum atomic E-state index is 13.0. The molecule has 19 heavy (non-hydrogen) atoms. The molecule has 0 unspecified atom stereocenters. The molecular formula is C14H20FN3S. The summed E-state index contributed by atoms with van der Waals surface area (Å²) in [7, 11) is 0. The van der Waals surface area contributed by atoms with E-state index in [0.29, 0.717) is 0 Å². The minimum absolute atomic E-state index is 0.239. The van der Waals surface area contributed by atoms with Crippen LogP contribution in [0, 0.1) is 5.82 Å². The number of aromatic amines is 1. The highest BCUT2D eigenvalue weighted by Crippen LogP contribution is 2.15. The summed E-state index contributed by atoms with van der Waals surface area (Å²) in [6, 6.07) is 4.59. The Morgan fingerprint density at radius 1 is 1.26 bits per heavy atom. The molecule has 104 valence electrons. The van der Waals surface area contributed by atoms with Gasteiger partial charge in [-0.15, -0.1) is 0 Å². The number of anilines is 1. The minimum atomic E-state index is -0.239. The number of thioether (sulfide) groups is 1. The topological polar surface area (TPSA) is 40.7 Å². The molecule has 0 aliphatic rings. The van der Waals surface area contributed by atoms with Crippen LogP contribution < -0.4 is 5.32 Å². The molecule has 1 heterocycles. The lowest BCUT2D eigenvalue weighted by molar-refractivity contribution is 0.629. The molecule has 0 spiro atoms. The largest absolute Gasteiger partial charge is 0.356 e. The van der Waals surface area contributed by atoms with Crippen LogP contribution in [0.15, 0.2) is 18.2 Å². The number of aromatic nitrogens is 2. The molecular weight excluding hydrogens is 261 g/mol. The van der Waals surface area contributed by atoms with Crippen molar-refractivity contribution in [2.45, 2.75) is 25.7 Å².